The Morgan fingerprint density at radius 1 is 1.21 bits per heavy atom. The van der Waals surface area contributed by atoms with E-state index in [4.69, 9.17) is 14.2 Å². The zero-order chi connectivity index (χ0) is 20.4. The second-order valence-electron chi connectivity index (χ2n) is 7.64. The van der Waals surface area contributed by atoms with Crippen molar-refractivity contribution in [2.24, 2.45) is 5.92 Å². The maximum atomic E-state index is 13.2. The first-order chi connectivity index (χ1) is 14.1. The number of hydrogen-bond acceptors (Lipinski definition) is 6. The third-order valence-corrected chi connectivity index (χ3v) is 5.76. The zero-order valence-electron chi connectivity index (χ0n) is 16.6. The summed E-state index contributed by atoms with van der Waals surface area (Å²) in [6.07, 6.45) is 2.35. The fourth-order valence-corrected chi connectivity index (χ4v) is 4.27. The van der Waals surface area contributed by atoms with Crippen LogP contribution in [0.15, 0.2) is 18.2 Å². The van der Waals surface area contributed by atoms with Crippen LogP contribution in [-0.2, 0) is 25.7 Å². The Morgan fingerprint density at radius 3 is 2.86 bits per heavy atom. The molecule has 0 radical (unpaired) electrons. The van der Waals surface area contributed by atoms with E-state index in [9.17, 15) is 14.4 Å². The second-order valence-corrected chi connectivity index (χ2v) is 7.64. The van der Waals surface area contributed by atoms with Crippen molar-refractivity contribution in [1.82, 2.24) is 9.80 Å². The number of piperidine rings is 1. The van der Waals surface area contributed by atoms with E-state index in [-0.39, 0.29) is 30.5 Å². The highest BCUT2D eigenvalue weighted by Crippen LogP contribution is 2.34. The van der Waals surface area contributed by atoms with E-state index < -0.39 is 6.04 Å². The van der Waals surface area contributed by atoms with Crippen LogP contribution >= 0.6 is 0 Å². The van der Waals surface area contributed by atoms with Gasteiger partial charge >= 0.3 is 5.97 Å². The minimum atomic E-state index is -0.492. The summed E-state index contributed by atoms with van der Waals surface area (Å²) >= 11 is 0. The average Bonchev–Trinajstić information content (AvgIpc) is 3.34. The predicted octanol–water partition coefficient (Wildman–Crippen LogP) is 1.71. The first-order valence-corrected chi connectivity index (χ1v) is 10.2. The number of likely N-dealkylation sites (tertiary alicyclic amines) is 2. The summed E-state index contributed by atoms with van der Waals surface area (Å²) in [5.41, 5.74) is 0.894. The molecule has 2 amide bonds. The predicted molar refractivity (Wildman–Crippen MR) is 102 cm³/mol. The SMILES string of the molecule is CCOC(=O)C1CCCN(C(=O)C2CCC(=O)N2Cc2ccc3c(c2)OCO3)C1. The number of benzene rings is 1. The molecule has 2 fully saturated rings. The Bertz CT molecular complexity index is 810. The molecule has 3 aliphatic rings. The topological polar surface area (TPSA) is 85.4 Å². The fourth-order valence-electron chi connectivity index (χ4n) is 4.27. The quantitative estimate of drug-likeness (QED) is 0.697. The monoisotopic (exact) mass is 402 g/mol. The molecule has 0 N–H and O–H groups in total. The summed E-state index contributed by atoms with van der Waals surface area (Å²) in [4.78, 5) is 41.1. The molecule has 1 aromatic carbocycles. The molecule has 29 heavy (non-hydrogen) atoms. The summed E-state index contributed by atoms with van der Waals surface area (Å²) in [5, 5.41) is 0. The minimum Gasteiger partial charge on any atom is -0.466 e. The summed E-state index contributed by atoms with van der Waals surface area (Å²) in [6.45, 7) is 3.63. The number of carbonyl (C=O) groups is 3. The van der Waals surface area contributed by atoms with Gasteiger partial charge in [-0.3, -0.25) is 14.4 Å². The van der Waals surface area contributed by atoms with Gasteiger partial charge in [-0.15, -0.1) is 0 Å². The molecule has 8 nitrogen and oxygen atoms in total. The first kappa shape index (κ1) is 19.5. The van der Waals surface area contributed by atoms with Gasteiger partial charge in [-0.25, -0.2) is 0 Å². The molecular formula is C21H26N2O6. The molecule has 1 aromatic rings. The van der Waals surface area contributed by atoms with E-state index in [1.165, 1.54) is 0 Å². The van der Waals surface area contributed by atoms with E-state index in [1.54, 1.807) is 16.7 Å². The number of ether oxygens (including phenoxy) is 3. The highest BCUT2D eigenvalue weighted by molar-refractivity contribution is 5.91. The van der Waals surface area contributed by atoms with Crippen LogP contribution in [0, 0.1) is 5.92 Å². The highest BCUT2D eigenvalue weighted by Gasteiger charge is 2.40. The van der Waals surface area contributed by atoms with Gasteiger partial charge in [0.25, 0.3) is 0 Å². The lowest BCUT2D eigenvalue weighted by Crippen LogP contribution is -2.50. The van der Waals surface area contributed by atoms with Gasteiger partial charge in [0, 0.05) is 26.1 Å². The number of fused-ring (bicyclic) bond motifs is 1. The van der Waals surface area contributed by atoms with Crippen molar-refractivity contribution in [1.29, 1.82) is 0 Å². The lowest BCUT2D eigenvalue weighted by Gasteiger charge is -2.35. The number of nitrogens with zero attached hydrogens (tertiary/aromatic N) is 2. The second kappa shape index (κ2) is 8.31. The molecule has 0 aliphatic carbocycles. The van der Waals surface area contributed by atoms with Crippen molar-refractivity contribution in [2.45, 2.75) is 45.2 Å². The van der Waals surface area contributed by atoms with Gasteiger partial charge in [-0.1, -0.05) is 6.07 Å². The molecule has 0 spiro atoms. The van der Waals surface area contributed by atoms with Crippen molar-refractivity contribution in [3.8, 4) is 11.5 Å². The Kier molecular flexibility index (Phi) is 5.60. The lowest BCUT2D eigenvalue weighted by atomic mass is 9.97. The largest absolute Gasteiger partial charge is 0.466 e. The molecule has 3 aliphatic heterocycles. The van der Waals surface area contributed by atoms with Crippen LogP contribution in [-0.4, -0.2) is 60.1 Å². The fraction of sp³-hybridized carbons (Fsp3) is 0.571. The van der Waals surface area contributed by atoms with Crippen molar-refractivity contribution in [3.63, 3.8) is 0 Å². The zero-order valence-corrected chi connectivity index (χ0v) is 16.6. The summed E-state index contributed by atoms with van der Waals surface area (Å²) in [5.74, 6) is 0.708. The standard InChI is InChI=1S/C21H26N2O6/c1-2-27-21(26)15-4-3-9-22(12-15)20(25)16-6-8-19(24)23(16)11-14-5-7-17-18(10-14)29-13-28-17/h5,7,10,15-16H,2-4,6,8-9,11-13H2,1H3. The lowest BCUT2D eigenvalue weighted by molar-refractivity contribution is -0.152. The van der Waals surface area contributed by atoms with Crippen molar-refractivity contribution in [3.05, 3.63) is 23.8 Å². The van der Waals surface area contributed by atoms with Gasteiger partial charge in [-0.2, -0.15) is 0 Å². The van der Waals surface area contributed by atoms with Crippen LogP contribution in [0.1, 0.15) is 38.2 Å². The molecule has 2 atom stereocenters. The normalized spacial score (nSPS) is 23.4. The molecule has 156 valence electrons. The van der Waals surface area contributed by atoms with E-state index in [1.807, 2.05) is 18.2 Å². The van der Waals surface area contributed by atoms with Gasteiger partial charge in [0.2, 0.25) is 18.6 Å². The van der Waals surface area contributed by atoms with Gasteiger partial charge in [0.05, 0.1) is 12.5 Å². The molecule has 2 saturated heterocycles. The number of rotatable bonds is 5. The number of amides is 2. The average molecular weight is 402 g/mol. The smallest absolute Gasteiger partial charge is 0.310 e. The molecule has 2 unspecified atom stereocenters. The Labute approximate surface area is 169 Å². The third-order valence-electron chi connectivity index (χ3n) is 5.76. The number of esters is 1. The third kappa shape index (κ3) is 4.02. The molecule has 0 bridgehead atoms. The van der Waals surface area contributed by atoms with Gasteiger partial charge in [0.15, 0.2) is 11.5 Å². The van der Waals surface area contributed by atoms with Crippen molar-refractivity contribution >= 4 is 17.8 Å². The first-order valence-electron chi connectivity index (χ1n) is 10.2. The van der Waals surface area contributed by atoms with Crippen LogP contribution < -0.4 is 9.47 Å². The van der Waals surface area contributed by atoms with Gasteiger partial charge < -0.3 is 24.0 Å². The molecule has 4 rings (SSSR count). The van der Waals surface area contributed by atoms with Gasteiger partial charge in [0.1, 0.15) is 6.04 Å². The van der Waals surface area contributed by atoms with E-state index in [0.717, 1.165) is 18.4 Å². The number of carbonyl (C=O) groups excluding carboxylic acids is 3. The maximum absolute atomic E-state index is 13.2. The molecule has 3 heterocycles. The Morgan fingerprint density at radius 2 is 2.03 bits per heavy atom. The summed E-state index contributed by atoms with van der Waals surface area (Å²) in [6, 6.07) is 5.07. The number of hydrogen-bond donors (Lipinski definition) is 0. The van der Waals surface area contributed by atoms with Crippen LogP contribution in [0.5, 0.6) is 11.5 Å². The molecule has 0 saturated carbocycles. The van der Waals surface area contributed by atoms with Crippen LogP contribution in [0.2, 0.25) is 0 Å². The van der Waals surface area contributed by atoms with Crippen LogP contribution in [0.3, 0.4) is 0 Å². The van der Waals surface area contributed by atoms with E-state index in [2.05, 4.69) is 0 Å². The molecule has 8 heteroatoms. The minimum absolute atomic E-state index is 0.0278. The Hall–Kier alpha value is -2.77. The van der Waals surface area contributed by atoms with E-state index in [0.29, 0.717) is 50.6 Å². The summed E-state index contributed by atoms with van der Waals surface area (Å²) in [7, 11) is 0. The molecule has 0 aromatic heterocycles. The van der Waals surface area contributed by atoms with Crippen molar-refractivity contribution in [2.75, 3.05) is 26.5 Å². The van der Waals surface area contributed by atoms with Crippen LogP contribution in [0.25, 0.3) is 0 Å². The van der Waals surface area contributed by atoms with Crippen molar-refractivity contribution < 1.29 is 28.6 Å². The Balaban J connectivity index is 1.44. The molecular weight excluding hydrogens is 376 g/mol. The summed E-state index contributed by atoms with van der Waals surface area (Å²) < 4.78 is 15.9. The highest BCUT2D eigenvalue weighted by atomic mass is 16.7. The van der Waals surface area contributed by atoms with Crippen LogP contribution in [0.4, 0.5) is 0 Å². The maximum Gasteiger partial charge on any atom is 0.310 e. The van der Waals surface area contributed by atoms with E-state index >= 15 is 0 Å². The van der Waals surface area contributed by atoms with Gasteiger partial charge in [-0.05, 0) is 43.9 Å².